The maximum atomic E-state index is 12.3. The monoisotopic (exact) mass is 283 g/mol. The highest BCUT2D eigenvalue weighted by Gasteiger charge is 2.31. The van der Waals surface area contributed by atoms with E-state index in [1.54, 1.807) is 27.8 Å². The summed E-state index contributed by atoms with van der Waals surface area (Å²) in [5.41, 5.74) is 3.43. The standard InChI is InChI=1S/C15H25NO2S/c1-11-7-8-13(9-12(11)2)14(16-6)10-19(17,18)15(3,4)5/h7-9,14,16H,10H2,1-6H3. The van der Waals surface area contributed by atoms with Crippen molar-refractivity contribution in [2.24, 2.45) is 0 Å². The van der Waals surface area contributed by atoms with Gasteiger partial charge in [-0.25, -0.2) is 8.42 Å². The van der Waals surface area contributed by atoms with Crippen LogP contribution in [0.25, 0.3) is 0 Å². The van der Waals surface area contributed by atoms with E-state index in [1.165, 1.54) is 11.1 Å². The van der Waals surface area contributed by atoms with Crippen LogP contribution in [0.3, 0.4) is 0 Å². The number of benzene rings is 1. The second kappa shape index (κ2) is 5.63. The van der Waals surface area contributed by atoms with Crippen molar-refractivity contribution in [3.63, 3.8) is 0 Å². The minimum absolute atomic E-state index is 0.121. The number of hydrogen-bond donors (Lipinski definition) is 1. The van der Waals surface area contributed by atoms with E-state index in [0.29, 0.717) is 0 Å². The zero-order chi connectivity index (χ0) is 14.8. The molecule has 0 aliphatic carbocycles. The maximum Gasteiger partial charge on any atom is 0.157 e. The van der Waals surface area contributed by atoms with Gasteiger partial charge in [-0.3, -0.25) is 0 Å². The predicted molar refractivity (Wildman–Crippen MR) is 81.3 cm³/mol. The van der Waals surface area contributed by atoms with Crippen molar-refractivity contribution in [3.05, 3.63) is 34.9 Å². The molecule has 108 valence electrons. The summed E-state index contributed by atoms with van der Waals surface area (Å²) in [5.74, 6) is 0.121. The van der Waals surface area contributed by atoms with Gasteiger partial charge in [-0.1, -0.05) is 18.2 Å². The van der Waals surface area contributed by atoms with Crippen LogP contribution in [0, 0.1) is 13.8 Å². The Morgan fingerprint density at radius 2 is 1.74 bits per heavy atom. The highest BCUT2D eigenvalue weighted by atomic mass is 32.2. The summed E-state index contributed by atoms with van der Waals surface area (Å²) < 4.78 is 23.9. The molecule has 1 unspecified atom stereocenters. The molecule has 4 heteroatoms. The van der Waals surface area contributed by atoms with E-state index in [4.69, 9.17) is 0 Å². The summed E-state index contributed by atoms with van der Waals surface area (Å²) in [5, 5.41) is 3.11. The average molecular weight is 283 g/mol. The Morgan fingerprint density at radius 1 is 1.16 bits per heavy atom. The molecule has 0 radical (unpaired) electrons. The molecule has 0 heterocycles. The number of hydrogen-bond acceptors (Lipinski definition) is 3. The molecule has 3 nitrogen and oxygen atoms in total. The van der Waals surface area contributed by atoms with E-state index < -0.39 is 14.6 Å². The summed E-state index contributed by atoms with van der Waals surface area (Å²) >= 11 is 0. The van der Waals surface area contributed by atoms with Crippen molar-refractivity contribution in [1.29, 1.82) is 0 Å². The number of rotatable bonds is 4. The van der Waals surface area contributed by atoms with E-state index >= 15 is 0 Å². The molecule has 0 aromatic heterocycles. The molecule has 1 aromatic carbocycles. The molecule has 1 N–H and O–H groups in total. The summed E-state index contributed by atoms with van der Waals surface area (Å²) in [6.07, 6.45) is 0. The molecule has 0 saturated carbocycles. The summed E-state index contributed by atoms with van der Waals surface area (Å²) in [4.78, 5) is 0. The first-order valence-corrected chi connectivity index (χ1v) is 8.20. The van der Waals surface area contributed by atoms with Crippen molar-refractivity contribution in [2.45, 2.75) is 45.4 Å². The fraction of sp³-hybridized carbons (Fsp3) is 0.600. The SMILES string of the molecule is CNC(CS(=O)(=O)C(C)(C)C)c1ccc(C)c(C)c1. The Balaban J connectivity index is 3.06. The topological polar surface area (TPSA) is 46.2 Å². The van der Waals surface area contributed by atoms with Gasteiger partial charge in [-0.15, -0.1) is 0 Å². The molecule has 0 spiro atoms. The van der Waals surface area contributed by atoms with Crippen molar-refractivity contribution < 1.29 is 8.42 Å². The quantitative estimate of drug-likeness (QED) is 0.924. The van der Waals surface area contributed by atoms with E-state index in [1.807, 2.05) is 19.1 Å². The van der Waals surface area contributed by atoms with E-state index in [0.717, 1.165) is 5.56 Å². The second-order valence-electron chi connectivity index (χ2n) is 6.08. The van der Waals surface area contributed by atoms with Crippen LogP contribution in [0.1, 0.15) is 43.5 Å². The van der Waals surface area contributed by atoms with E-state index in [9.17, 15) is 8.42 Å². The van der Waals surface area contributed by atoms with Crippen molar-refractivity contribution in [2.75, 3.05) is 12.8 Å². The molecule has 0 aliphatic heterocycles. The van der Waals surface area contributed by atoms with Crippen LogP contribution in [0.15, 0.2) is 18.2 Å². The van der Waals surface area contributed by atoms with Crippen LogP contribution >= 0.6 is 0 Å². The van der Waals surface area contributed by atoms with Gasteiger partial charge in [0.15, 0.2) is 9.84 Å². The Kier molecular flexibility index (Phi) is 4.80. The Hall–Kier alpha value is -0.870. The summed E-state index contributed by atoms with van der Waals surface area (Å²) in [7, 11) is -1.34. The average Bonchev–Trinajstić information content (AvgIpc) is 2.28. The third-order valence-corrected chi connectivity index (χ3v) is 6.24. The van der Waals surface area contributed by atoms with Gasteiger partial charge in [0.2, 0.25) is 0 Å². The van der Waals surface area contributed by atoms with Crippen molar-refractivity contribution in [1.82, 2.24) is 5.32 Å². The van der Waals surface area contributed by atoms with Gasteiger partial charge < -0.3 is 5.32 Å². The maximum absolute atomic E-state index is 12.3. The highest BCUT2D eigenvalue weighted by Crippen LogP contribution is 2.24. The number of nitrogens with one attached hydrogen (secondary N) is 1. The lowest BCUT2D eigenvalue weighted by molar-refractivity contribution is 0.542. The van der Waals surface area contributed by atoms with Gasteiger partial charge in [0.1, 0.15) is 0 Å². The molecule has 0 aliphatic rings. The predicted octanol–water partition coefficient (Wildman–Crippen LogP) is 2.78. The smallest absolute Gasteiger partial charge is 0.157 e. The van der Waals surface area contributed by atoms with E-state index in [-0.39, 0.29) is 11.8 Å². The van der Waals surface area contributed by atoms with Gasteiger partial charge in [0.25, 0.3) is 0 Å². The lowest BCUT2D eigenvalue weighted by atomic mass is 10.0. The lowest BCUT2D eigenvalue weighted by Crippen LogP contribution is -2.35. The minimum atomic E-state index is -3.14. The van der Waals surface area contributed by atoms with Gasteiger partial charge in [0, 0.05) is 6.04 Å². The molecule has 1 aromatic rings. The molecule has 1 rings (SSSR count). The summed E-state index contributed by atoms with van der Waals surface area (Å²) in [6.45, 7) is 9.34. The van der Waals surface area contributed by atoms with Crippen LogP contribution in [-0.2, 0) is 9.84 Å². The van der Waals surface area contributed by atoms with Gasteiger partial charge in [-0.2, -0.15) is 0 Å². The van der Waals surface area contributed by atoms with Crippen molar-refractivity contribution in [3.8, 4) is 0 Å². The molecule has 0 fully saturated rings. The van der Waals surface area contributed by atoms with Crippen LogP contribution < -0.4 is 5.32 Å². The second-order valence-corrected chi connectivity index (χ2v) is 8.87. The van der Waals surface area contributed by atoms with Gasteiger partial charge >= 0.3 is 0 Å². The first-order chi connectivity index (χ1) is 8.58. The van der Waals surface area contributed by atoms with Crippen LogP contribution in [0.5, 0.6) is 0 Å². The molecular formula is C15H25NO2S. The number of sulfone groups is 1. The van der Waals surface area contributed by atoms with Crippen LogP contribution in [0.2, 0.25) is 0 Å². The summed E-state index contributed by atoms with van der Waals surface area (Å²) in [6, 6.07) is 5.94. The highest BCUT2D eigenvalue weighted by molar-refractivity contribution is 7.92. The van der Waals surface area contributed by atoms with Crippen LogP contribution in [-0.4, -0.2) is 26.0 Å². The Labute approximate surface area is 117 Å². The van der Waals surface area contributed by atoms with Gasteiger partial charge in [-0.05, 0) is 58.4 Å². The Morgan fingerprint density at radius 3 is 2.16 bits per heavy atom. The molecule has 0 saturated heterocycles. The fourth-order valence-corrected chi connectivity index (χ4v) is 3.09. The van der Waals surface area contributed by atoms with E-state index in [2.05, 4.69) is 18.3 Å². The van der Waals surface area contributed by atoms with Crippen LogP contribution in [0.4, 0.5) is 0 Å². The zero-order valence-electron chi connectivity index (χ0n) is 12.7. The minimum Gasteiger partial charge on any atom is -0.312 e. The molecule has 19 heavy (non-hydrogen) atoms. The Bertz CT molecular complexity index is 542. The normalized spacial score (nSPS) is 14.4. The third-order valence-electron chi connectivity index (χ3n) is 3.60. The molecule has 0 bridgehead atoms. The fourth-order valence-electron chi connectivity index (χ4n) is 1.80. The first-order valence-electron chi connectivity index (χ1n) is 6.55. The molecular weight excluding hydrogens is 258 g/mol. The number of aryl methyl sites for hydroxylation is 2. The zero-order valence-corrected chi connectivity index (χ0v) is 13.6. The molecule has 0 amide bonds. The lowest BCUT2D eigenvalue weighted by Gasteiger charge is -2.24. The van der Waals surface area contributed by atoms with Gasteiger partial charge in [0.05, 0.1) is 10.5 Å². The largest absolute Gasteiger partial charge is 0.312 e. The van der Waals surface area contributed by atoms with Crippen molar-refractivity contribution >= 4 is 9.84 Å². The third kappa shape index (κ3) is 3.80. The first kappa shape index (κ1) is 16.2. The molecule has 1 atom stereocenters.